The summed E-state index contributed by atoms with van der Waals surface area (Å²) in [6.45, 7) is 0. The van der Waals surface area contributed by atoms with Gasteiger partial charge in [0, 0.05) is 11.8 Å². The number of allylic oxidation sites excluding steroid dienone is 1. The molecule has 0 amide bonds. The van der Waals surface area contributed by atoms with Crippen LogP contribution in [0, 0.1) is 0 Å². The minimum atomic E-state index is -0.925. The van der Waals surface area contributed by atoms with Crippen LogP contribution in [0.15, 0.2) is 41.1 Å². The van der Waals surface area contributed by atoms with E-state index in [0.717, 1.165) is 22.9 Å². The molecule has 0 bridgehead atoms. The monoisotopic (exact) mass is 261 g/mol. The topological polar surface area (TPSA) is 117 Å². The molecule has 0 aliphatic carbocycles. The number of aromatic carboxylic acids is 1. The number of benzene rings is 1. The van der Waals surface area contributed by atoms with Gasteiger partial charge in [-0.3, -0.25) is 5.43 Å². The third-order valence-electron chi connectivity index (χ3n) is 2.69. The predicted octanol–water partition coefficient (Wildman–Crippen LogP) is 0.167. The van der Waals surface area contributed by atoms with Gasteiger partial charge in [-0.25, -0.2) is 10.6 Å². The van der Waals surface area contributed by atoms with E-state index < -0.39 is 5.97 Å². The molecule has 7 heteroatoms. The molecule has 7 nitrogen and oxygen atoms in total. The number of carboxylic acids is 1. The summed E-state index contributed by atoms with van der Waals surface area (Å²) in [7, 11) is 0. The summed E-state index contributed by atoms with van der Waals surface area (Å²) in [6.07, 6.45) is 3.17. The number of aryl methyl sites for hydroxylation is 1. The predicted molar refractivity (Wildman–Crippen MR) is 70.6 cm³/mol. The van der Waals surface area contributed by atoms with Gasteiger partial charge in [0.15, 0.2) is 0 Å². The van der Waals surface area contributed by atoms with Crippen LogP contribution < -0.4 is 17.0 Å². The lowest BCUT2D eigenvalue weighted by molar-refractivity contribution is 0.0697. The standard InChI is InChI=1S/C12H15N5O2/c13-11-7-10(15-17(14)16-11)6-3-8-1-4-9(5-2-8)12(18)19/h1-2,4-5,7,15H,3,6,14H2,(H2,13,16)(H,18,19). The second kappa shape index (κ2) is 5.40. The lowest BCUT2D eigenvalue weighted by Crippen LogP contribution is -2.43. The Labute approximate surface area is 110 Å². The van der Waals surface area contributed by atoms with Gasteiger partial charge in [0.25, 0.3) is 0 Å². The van der Waals surface area contributed by atoms with Crippen molar-refractivity contribution in [3.63, 3.8) is 0 Å². The average molecular weight is 261 g/mol. The molecule has 0 saturated heterocycles. The second-order valence-corrected chi connectivity index (χ2v) is 4.15. The van der Waals surface area contributed by atoms with Crippen molar-refractivity contribution in [3.8, 4) is 0 Å². The second-order valence-electron chi connectivity index (χ2n) is 4.15. The Morgan fingerprint density at radius 2 is 2.00 bits per heavy atom. The molecule has 1 aromatic carbocycles. The fourth-order valence-electron chi connectivity index (χ4n) is 1.76. The first-order chi connectivity index (χ1) is 9.04. The number of amidine groups is 1. The number of hydrazone groups is 1. The van der Waals surface area contributed by atoms with E-state index in [2.05, 4.69) is 10.5 Å². The molecule has 19 heavy (non-hydrogen) atoms. The molecule has 100 valence electrons. The first kappa shape index (κ1) is 12.9. The maximum Gasteiger partial charge on any atom is 0.335 e. The van der Waals surface area contributed by atoms with E-state index in [9.17, 15) is 4.79 Å². The molecule has 1 aromatic rings. The van der Waals surface area contributed by atoms with Gasteiger partial charge in [0.05, 0.1) is 5.56 Å². The van der Waals surface area contributed by atoms with Crippen molar-refractivity contribution < 1.29 is 9.90 Å². The van der Waals surface area contributed by atoms with Crippen LogP contribution in [0.25, 0.3) is 0 Å². The van der Waals surface area contributed by atoms with Crippen LogP contribution in [0.1, 0.15) is 22.3 Å². The summed E-state index contributed by atoms with van der Waals surface area (Å²) in [5.41, 5.74) is 10.6. The Balaban J connectivity index is 1.96. The molecule has 1 aliphatic heterocycles. The Morgan fingerprint density at radius 1 is 1.32 bits per heavy atom. The minimum absolute atomic E-state index is 0.281. The number of rotatable bonds is 4. The number of nitrogens with two attached hydrogens (primary N) is 2. The maximum absolute atomic E-state index is 10.7. The third kappa shape index (κ3) is 3.46. The van der Waals surface area contributed by atoms with Gasteiger partial charge < -0.3 is 10.8 Å². The first-order valence-electron chi connectivity index (χ1n) is 5.73. The first-order valence-corrected chi connectivity index (χ1v) is 5.73. The molecule has 6 N–H and O–H groups in total. The third-order valence-corrected chi connectivity index (χ3v) is 2.69. The minimum Gasteiger partial charge on any atom is -0.478 e. The van der Waals surface area contributed by atoms with Crippen molar-refractivity contribution in [2.24, 2.45) is 16.7 Å². The summed E-state index contributed by atoms with van der Waals surface area (Å²) in [5, 5.41) is 13.6. The molecule has 0 atom stereocenters. The lowest BCUT2D eigenvalue weighted by Gasteiger charge is -2.21. The summed E-state index contributed by atoms with van der Waals surface area (Å²) in [6, 6.07) is 6.77. The van der Waals surface area contributed by atoms with E-state index in [-0.39, 0.29) is 5.56 Å². The normalized spacial score (nSPS) is 14.5. The quantitative estimate of drug-likeness (QED) is 0.574. The van der Waals surface area contributed by atoms with Gasteiger partial charge >= 0.3 is 5.97 Å². The Bertz CT molecular complexity index is 536. The average Bonchev–Trinajstić information content (AvgIpc) is 2.36. The Kier molecular flexibility index (Phi) is 3.67. The largest absolute Gasteiger partial charge is 0.478 e. The smallest absolute Gasteiger partial charge is 0.335 e. The summed E-state index contributed by atoms with van der Waals surface area (Å²) < 4.78 is 0. The maximum atomic E-state index is 10.7. The summed E-state index contributed by atoms with van der Waals surface area (Å²) >= 11 is 0. The molecule has 0 radical (unpaired) electrons. The molecule has 0 aromatic heterocycles. The number of hydrogen-bond acceptors (Lipinski definition) is 6. The van der Waals surface area contributed by atoms with Crippen LogP contribution in [-0.2, 0) is 6.42 Å². The van der Waals surface area contributed by atoms with Gasteiger partial charge in [-0.1, -0.05) is 12.1 Å². The highest BCUT2D eigenvalue weighted by atomic mass is 16.4. The number of carbonyl (C=O) groups is 1. The Hall–Kier alpha value is -2.54. The lowest BCUT2D eigenvalue weighted by atomic mass is 10.1. The van der Waals surface area contributed by atoms with E-state index in [1.807, 2.05) is 0 Å². The van der Waals surface area contributed by atoms with Gasteiger partial charge in [0.1, 0.15) is 5.84 Å². The fraction of sp³-hybridized carbons (Fsp3) is 0.167. The van der Waals surface area contributed by atoms with E-state index in [0.29, 0.717) is 12.3 Å². The SMILES string of the molecule is NC1=NN(N)NC(CCc2ccc(C(=O)O)cc2)=C1. The summed E-state index contributed by atoms with van der Waals surface area (Å²) in [4.78, 5) is 10.7. The van der Waals surface area contributed by atoms with Crippen LogP contribution in [-0.4, -0.2) is 22.1 Å². The van der Waals surface area contributed by atoms with Crippen molar-refractivity contribution in [1.82, 2.24) is 10.7 Å². The number of nitrogens with zero attached hydrogens (tertiary/aromatic N) is 2. The zero-order chi connectivity index (χ0) is 13.8. The number of hydrazine groups is 2. The van der Waals surface area contributed by atoms with E-state index in [1.165, 1.54) is 0 Å². The van der Waals surface area contributed by atoms with Crippen LogP contribution in [0.2, 0.25) is 0 Å². The molecule has 1 heterocycles. The van der Waals surface area contributed by atoms with Gasteiger partial charge in [-0.05, 0) is 30.5 Å². The number of carboxylic acid groups (broad SMARTS) is 1. The van der Waals surface area contributed by atoms with Crippen LogP contribution >= 0.6 is 0 Å². The van der Waals surface area contributed by atoms with Gasteiger partial charge in [-0.15, -0.1) is 10.3 Å². The van der Waals surface area contributed by atoms with Gasteiger partial charge in [0.2, 0.25) is 0 Å². The molecule has 2 rings (SSSR count). The van der Waals surface area contributed by atoms with Crippen LogP contribution in [0.4, 0.5) is 0 Å². The fourth-order valence-corrected chi connectivity index (χ4v) is 1.76. The molecule has 0 saturated carbocycles. The van der Waals surface area contributed by atoms with Crippen molar-refractivity contribution in [2.75, 3.05) is 0 Å². The van der Waals surface area contributed by atoms with Gasteiger partial charge in [-0.2, -0.15) is 0 Å². The van der Waals surface area contributed by atoms with Crippen molar-refractivity contribution in [3.05, 3.63) is 47.2 Å². The van der Waals surface area contributed by atoms with E-state index in [1.54, 1.807) is 30.3 Å². The zero-order valence-electron chi connectivity index (χ0n) is 10.2. The highest BCUT2D eigenvalue weighted by molar-refractivity contribution is 5.92. The number of hydrogen-bond donors (Lipinski definition) is 4. The molecule has 0 spiro atoms. The van der Waals surface area contributed by atoms with Crippen LogP contribution in [0.3, 0.4) is 0 Å². The van der Waals surface area contributed by atoms with Crippen molar-refractivity contribution >= 4 is 11.8 Å². The Morgan fingerprint density at radius 3 is 2.58 bits per heavy atom. The highest BCUT2D eigenvalue weighted by Crippen LogP contribution is 2.11. The molecular formula is C12H15N5O2. The molecule has 0 unspecified atom stereocenters. The number of nitrogens with one attached hydrogen (secondary N) is 1. The van der Waals surface area contributed by atoms with Crippen molar-refractivity contribution in [1.29, 1.82) is 0 Å². The molecule has 0 fully saturated rings. The van der Waals surface area contributed by atoms with E-state index in [4.69, 9.17) is 16.7 Å². The highest BCUT2D eigenvalue weighted by Gasteiger charge is 2.08. The van der Waals surface area contributed by atoms with Crippen molar-refractivity contribution in [2.45, 2.75) is 12.8 Å². The molecular weight excluding hydrogens is 246 g/mol. The van der Waals surface area contributed by atoms with Crippen LogP contribution in [0.5, 0.6) is 0 Å². The van der Waals surface area contributed by atoms with E-state index >= 15 is 0 Å². The summed E-state index contributed by atoms with van der Waals surface area (Å²) in [5.74, 6) is 4.91. The zero-order valence-corrected chi connectivity index (χ0v) is 10.2. The molecule has 1 aliphatic rings.